The third-order valence-electron chi connectivity index (χ3n) is 1.29. The van der Waals surface area contributed by atoms with E-state index in [1.165, 1.54) is 0 Å². The van der Waals surface area contributed by atoms with Gasteiger partial charge in [-0.1, -0.05) is 5.92 Å². The molecule has 3 nitrogen and oxygen atoms in total. The molecule has 1 aromatic rings. The fourth-order valence-electron chi connectivity index (χ4n) is 0.781. The number of benzene rings is 1. The summed E-state index contributed by atoms with van der Waals surface area (Å²) < 4.78 is 0. The largest absolute Gasteiger partial charge is 0.370 e. The van der Waals surface area contributed by atoms with Crippen LogP contribution < -0.4 is 11.5 Å². The summed E-state index contributed by atoms with van der Waals surface area (Å²) >= 11 is 0. The lowest BCUT2D eigenvalue weighted by Crippen LogP contribution is -2.21. The minimum absolute atomic E-state index is 0.0449. The van der Waals surface area contributed by atoms with Crippen molar-refractivity contribution in [3.63, 3.8) is 0 Å². The molecule has 0 saturated heterocycles. The quantitative estimate of drug-likeness (QED) is 0.357. The zero-order valence-corrected chi connectivity index (χ0v) is 6.49. The van der Waals surface area contributed by atoms with Crippen LogP contribution in [0.2, 0.25) is 0 Å². The summed E-state index contributed by atoms with van der Waals surface area (Å²) in [5.74, 6) is 2.54. The molecular weight excluding hydrogens is 150 g/mol. The van der Waals surface area contributed by atoms with E-state index in [0.717, 1.165) is 5.56 Å². The molecule has 0 unspecified atom stereocenters. The summed E-state index contributed by atoms with van der Waals surface area (Å²) in [6.07, 6.45) is 5.17. The minimum Gasteiger partial charge on any atom is -0.370 e. The van der Waals surface area contributed by atoms with Crippen LogP contribution in [0.1, 0.15) is 5.56 Å². The van der Waals surface area contributed by atoms with Crippen molar-refractivity contribution in [2.75, 3.05) is 0 Å². The van der Waals surface area contributed by atoms with E-state index in [9.17, 15) is 0 Å². The molecule has 4 N–H and O–H groups in total. The highest BCUT2D eigenvalue weighted by Crippen LogP contribution is 2.11. The number of hydrogen-bond acceptors (Lipinski definition) is 1. The number of terminal acetylenes is 1. The topological polar surface area (TPSA) is 64.4 Å². The summed E-state index contributed by atoms with van der Waals surface area (Å²) in [4.78, 5) is 3.84. The first-order chi connectivity index (χ1) is 5.72. The molecule has 3 heteroatoms. The van der Waals surface area contributed by atoms with Gasteiger partial charge in [0.2, 0.25) is 0 Å². The van der Waals surface area contributed by atoms with Crippen LogP contribution in [0, 0.1) is 12.3 Å². The summed E-state index contributed by atoms with van der Waals surface area (Å²) in [6, 6.07) is 7.08. The third kappa shape index (κ3) is 2.03. The van der Waals surface area contributed by atoms with Gasteiger partial charge in [-0.2, -0.15) is 0 Å². The molecule has 0 aliphatic carbocycles. The van der Waals surface area contributed by atoms with E-state index in [4.69, 9.17) is 17.9 Å². The van der Waals surface area contributed by atoms with Crippen molar-refractivity contribution in [2.45, 2.75) is 0 Å². The average molecular weight is 159 g/mol. The minimum atomic E-state index is 0.0449. The standard InChI is InChI=1S/C9H9N3/c1-2-7-3-5-8(6-4-7)12-9(10)11/h1,3-6H,(H4,10,11,12). The second-order valence-electron chi connectivity index (χ2n) is 2.23. The number of nitrogens with zero attached hydrogens (tertiary/aromatic N) is 1. The van der Waals surface area contributed by atoms with Crippen LogP contribution in [0.15, 0.2) is 29.3 Å². The molecule has 0 aromatic heterocycles. The van der Waals surface area contributed by atoms with Crippen molar-refractivity contribution in [1.29, 1.82) is 0 Å². The van der Waals surface area contributed by atoms with Gasteiger partial charge in [-0.3, -0.25) is 0 Å². The molecule has 0 amide bonds. The molecule has 0 atom stereocenters. The predicted molar refractivity (Wildman–Crippen MR) is 49.8 cm³/mol. The smallest absolute Gasteiger partial charge is 0.191 e. The van der Waals surface area contributed by atoms with Gasteiger partial charge in [0.05, 0.1) is 5.69 Å². The SMILES string of the molecule is C#Cc1ccc(N=C(N)N)cc1. The van der Waals surface area contributed by atoms with Crippen molar-refractivity contribution < 1.29 is 0 Å². The first-order valence-electron chi connectivity index (χ1n) is 3.38. The highest BCUT2D eigenvalue weighted by atomic mass is 15.0. The highest BCUT2D eigenvalue weighted by molar-refractivity contribution is 5.79. The van der Waals surface area contributed by atoms with Crippen LogP contribution in [0.25, 0.3) is 0 Å². The van der Waals surface area contributed by atoms with Crippen molar-refractivity contribution in [1.82, 2.24) is 0 Å². The van der Waals surface area contributed by atoms with Gasteiger partial charge in [-0.05, 0) is 24.3 Å². The van der Waals surface area contributed by atoms with Crippen LogP contribution in [0.3, 0.4) is 0 Å². The number of aliphatic imine (C=N–C) groups is 1. The van der Waals surface area contributed by atoms with E-state index in [0.29, 0.717) is 5.69 Å². The Labute approximate surface area is 71.1 Å². The molecule has 60 valence electrons. The molecule has 0 aliphatic rings. The number of guanidine groups is 1. The lowest BCUT2D eigenvalue weighted by atomic mass is 10.2. The lowest BCUT2D eigenvalue weighted by Gasteiger charge is -1.94. The summed E-state index contributed by atoms with van der Waals surface area (Å²) in [6.45, 7) is 0. The molecule has 0 spiro atoms. The maximum absolute atomic E-state index is 5.18. The maximum Gasteiger partial charge on any atom is 0.191 e. The Hall–Kier alpha value is -1.95. The van der Waals surface area contributed by atoms with Gasteiger partial charge in [-0.15, -0.1) is 6.42 Å². The van der Waals surface area contributed by atoms with Crippen LogP contribution in [-0.2, 0) is 0 Å². The fourth-order valence-corrected chi connectivity index (χ4v) is 0.781. The molecule has 1 rings (SSSR count). The van der Waals surface area contributed by atoms with Crippen molar-refractivity contribution in [3.05, 3.63) is 29.8 Å². The van der Waals surface area contributed by atoms with Crippen LogP contribution >= 0.6 is 0 Å². The monoisotopic (exact) mass is 159 g/mol. The zero-order chi connectivity index (χ0) is 8.97. The van der Waals surface area contributed by atoms with E-state index in [-0.39, 0.29) is 5.96 Å². The van der Waals surface area contributed by atoms with Gasteiger partial charge in [0.1, 0.15) is 0 Å². The summed E-state index contributed by atoms with van der Waals surface area (Å²) in [5, 5.41) is 0. The van der Waals surface area contributed by atoms with Crippen LogP contribution in [0.5, 0.6) is 0 Å². The molecule has 0 fully saturated rings. The van der Waals surface area contributed by atoms with Crippen LogP contribution in [-0.4, -0.2) is 5.96 Å². The van der Waals surface area contributed by atoms with Crippen LogP contribution in [0.4, 0.5) is 5.69 Å². The predicted octanol–water partition coefficient (Wildman–Crippen LogP) is 0.573. The summed E-state index contributed by atoms with van der Waals surface area (Å²) in [7, 11) is 0. The van der Waals surface area contributed by atoms with Gasteiger partial charge in [-0.25, -0.2) is 4.99 Å². The van der Waals surface area contributed by atoms with E-state index in [1.807, 2.05) is 0 Å². The Bertz CT molecular complexity index is 326. The molecule has 0 saturated carbocycles. The van der Waals surface area contributed by atoms with E-state index in [1.54, 1.807) is 24.3 Å². The molecule has 0 aliphatic heterocycles. The second-order valence-corrected chi connectivity index (χ2v) is 2.23. The Morgan fingerprint density at radius 2 is 1.83 bits per heavy atom. The molecule has 0 bridgehead atoms. The molecular formula is C9H9N3. The van der Waals surface area contributed by atoms with Gasteiger partial charge in [0, 0.05) is 5.56 Å². The number of hydrogen-bond donors (Lipinski definition) is 2. The molecule has 0 heterocycles. The van der Waals surface area contributed by atoms with Crippen molar-refractivity contribution in [3.8, 4) is 12.3 Å². The molecule has 0 radical (unpaired) electrons. The van der Waals surface area contributed by atoms with E-state index < -0.39 is 0 Å². The maximum atomic E-state index is 5.18. The first kappa shape index (κ1) is 8.15. The fraction of sp³-hybridized carbons (Fsp3) is 0. The third-order valence-corrected chi connectivity index (χ3v) is 1.29. The zero-order valence-electron chi connectivity index (χ0n) is 6.49. The van der Waals surface area contributed by atoms with Crippen molar-refractivity contribution >= 4 is 11.6 Å². The normalized spacial score (nSPS) is 8.58. The van der Waals surface area contributed by atoms with Gasteiger partial charge in [0.25, 0.3) is 0 Å². The molecule has 12 heavy (non-hydrogen) atoms. The Morgan fingerprint density at radius 3 is 2.25 bits per heavy atom. The second kappa shape index (κ2) is 3.44. The first-order valence-corrected chi connectivity index (χ1v) is 3.38. The Balaban J connectivity index is 2.95. The number of nitrogens with two attached hydrogens (primary N) is 2. The van der Waals surface area contributed by atoms with Gasteiger partial charge < -0.3 is 11.5 Å². The van der Waals surface area contributed by atoms with E-state index in [2.05, 4.69) is 10.9 Å². The number of rotatable bonds is 1. The van der Waals surface area contributed by atoms with Crippen molar-refractivity contribution in [2.24, 2.45) is 16.5 Å². The summed E-state index contributed by atoms with van der Waals surface area (Å²) in [5.41, 5.74) is 11.9. The van der Waals surface area contributed by atoms with E-state index >= 15 is 0 Å². The van der Waals surface area contributed by atoms with Gasteiger partial charge >= 0.3 is 0 Å². The highest BCUT2D eigenvalue weighted by Gasteiger charge is 1.89. The van der Waals surface area contributed by atoms with Gasteiger partial charge in [0.15, 0.2) is 5.96 Å². The lowest BCUT2D eigenvalue weighted by molar-refractivity contribution is 1.42. The average Bonchev–Trinajstić information content (AvgIpc) is 2.05. The molecule has 1 aromatic carbocycles. The Kier molecular flexibility index (Phi) is 2.34. The Morgan fingerprint density at radius 1 is 1.25 bits per heavy atom.